The van der Waals surface area contributed by atoms with Gasteiger partial charge < -0.3 is 4.57 Å². The summed E-state index contributed by atoms with van der Waals surface area (Å²) in [5.41, 5.74) is 6.83. The summed E-state index contributed by atoms with van der Waals surface area (Å²) in [4.78, 5) is 4.67. The van der Waals surface area contributed by atoms with Gasteiger partial charge in [0.2, 0.25) is 0 Å². The van der Waals surface area contributed by atoms with Crippen molar-refractivity contribution in [1.29, 1.82) is 0 Å². The molecule has 0 saturated carbocycles. The highest BCUT2D eigenvalue weighted by molar-refractivity contribution is 9.10. The van der Waals surface area contributed by atoms with E-state index in [0.29, 0.717) is 0 Å². The predicted molar refractivity (Wildman–Crippen MR) is 109 cm³/mol. The molecule has 0 atom stereocenters. The average Bonchev–Trinajstić information content (AvgIpc) is 2.82. The molecular weight excluding hydrogens is 428 g/mol. The van der Waals surface area contributed by atoms with Gasteiger partial charge in [-0.05, 0) is 74.9 Å². The molecule has 0 aliphatic heterocycles. The Labute approximate surface area is 159 Å². The Balaban J connectivity index is 1.97. The molecule has 0 fully saturated rings. The quantitative estimate of drug-likeness (QED) is 0.400. The van der Waals surface area contributed by atoms with E-state index < -0.39 is 0 Å². The molecule has 0 saturated heterocycles. The first-order valence-corrected chi connectivity index (χ1v) is 9.29. The molecule has 0 aliphatic carbocycles. The van der Waals surface area contributed by atoms with Crippen LogP contribution in [0.2, 0.25) is 0 Å². The maximum absolute atomic E-state index is 4.67. The molecule has 1 aromatic heterocycles. The lowest BCUT2D eigenvalue weighted by Gasteiger charge is -2.09. The fourth-order valence-electron chi connectivity index (χ4n) is 2.81. The highest BCUT2D eigenvalue weighted by Gasteiger charge is 2.09. The predicted octanol–water partition coefficient (Wildman–Crippen LogP) is 6.68. The van der Waals surface area contributed by atoms with Crippen LogP contribution in [0.15, 0.2) is 62.5 Å². The summed E-state index contributed by atoms with van der Waals surface area (Å²) in [5, 5.41) is 0. The van der Waals surface area contributed by atoms with Crippen LogP contribution in [-0.4, -0.2) is 10.8 Å². The molecule has 122 valence electrons. The highest BCUT2D eigenvalue weighted by atomic mass is 79.9. The van der Waals surface area contributed by atoms with Crippen molar-refractivity contribution in [2.24, 2.45) is 4.99 Å². The summed E-state index contributed by atoms with van der Waals surface area (Å²) in [7, 11) is 0. The van der Waals surface area contributed by atoms with Gasteiger partial charge in [0, 0.05) is 37.8 Å². The van der Waals surface area contributed by atoms with Gasteiger partial charge in [0.25, 0.3) is 0 Å². The van der Waals surface area contributed by atoms with Crippen molar-refractivity contribution in [2.45, 2.75) is 20.8 Å². The van der Waals surface area contributed by atoms with Crippen molar-refractivity contribution >= 4 is 43.8 Å². The number of aliphatic imine (C=N–C) groups is 1. The highest BCUT2D eigenvalue weighted by Crippen LogP contribution is 2.24. The van der Waals surface area contributed by atoms with Crippen LogP contribution >= 0.6 is 31.9 Å². The second-order valence-corrected chi connectivity index (χ2v) is 7.66. The van der Waals surface area contributed by atoms with Crippen LogP contribution in [0.1, 0.15) is 22.5 Å². The summed E-state index contributed by atoms with van der Waals surface area (Å²) in [6, 6.07) is 16.7. The van der Waals surface area contributed by atoms with Crippen molar-refractivity contribution in [3.63, 3.8) is 0 Å². The van der Waals surface area contributed by atoms with Crippen LogP contribution in [0.3, 0.4) is 0 Å². The summed E-state index contributed by atoms with van der Waals surface area (Å²) in [5.74, 6) is 0. The van der Waals surface area contributed by atoms with E-state index in [-0.39, 0.29) is 0 Å². The van der Waals surface area contributed by atoms with Crippen LogP contribution in [-0.2, 0) is 0 Å². The van der Waals surface area contributed by atoms with Gasteiger partial charge in [0.15, 0.2) is 0 Å². The second-order valence-electron chi connectivity index (χ2n) is 5.83. The minimum Gasteiger partial charge on any atom is -0.318 e. The first-order chi connectivity index (χ1) is 11.5. The number of aryl methyl sites for hydroxylation is 2. The van der Waals surface area contributed by atoms with Gasteiger partial charge in [-0.1, -0.05) is 31.9 Å². The van der Waals surface area contributed by atoms with E-state index in [1.54, 1.807) is 0 Å². The summed E-state index contributed by atoms with van der Waals surface area (Å²) < 4.78 is 4.41. The number of hydrogen-bond donors (Lipinski definition) is 0. The molecule has 4 heteroatoms. The lowest BCUT2D eigenvalue weighted by Crippen LogP contribution is -1.99. The third kappa shape index (κ3) is 3.55. The largest absolute Gasteiger partial charge is 0.318 e. The molecule has 0 bridgehead atoms. The van der Waals surface area contributed by atoms with Gasteiger partial charge in [0.1, 0.15) is 0 Å². The second kappa shape index (κ2) is 7.08. The van der Waals surface area contributed by atoms with E-state index >= 15 is 0 Å². The Bertz CT molecular complexity index is 906. The lowest BCUT2D eigenvalue weighted by atomic mass is 10.2. The van der Waals surface area contributed by atoms with Crippen molar-refractivity contribution in [3.8, 4) is 5.69 Å². The van der Waals surface area contributed by atoms with Crippen molar-refractivity contribution in [3.05, 3.63) is 80.0 Å². The molecule has 0 N–H and O–H groups in total. The maximum Gasteiger partial charge on any atom is 0.0659 e. The normalized spacial score (nSPS) is 11.4. The van der Waals surface area contributed by atoms with E-state index in [1.165, 1.54) is 11.4 Å². The van der Waals surface area contributed by atoms with E-state index in [0.717, 1.165) is 31.4 Å². The van der Waals surface area contributed by atoms with Crippen LogP contribution in [0.4, 0.5) is 5.69 Å². The average molecular weight is 446 g/mol. The first-order valence-electron chi connectivity index (χ1n) is 7.71. The molecule has 3 rings (SSSR count). The van der Waals surface area contributed by atoms with Gasteiger partial charge in [0.05, 0.1) is 5.69 Å². The molecule has 0 aliphatic rings. The third-order valence-electron chi connectivity index (χ3n) is 4.06. The van der Waals surface area contributed by atoms with Crippen LogP contribution in [0.5, 0.6) is 0 Å². The number of benzene rings is 2. The molecule has 2 nitrogen and oxygen atoms in total. The molecular formula is C20H18Br2N2. The van der Waals surface area contributed by atoms with E-state index in [1.807, 2.05) is 18.3 Å². The zero-order valence-electron chi connectivity index (χ0n) is 13.8. The fourth-order valence-corrected chi connectivity index (χ4v) is 3.55. The Morgan fingerprint density at radius 2 is 1.54 bits per heavy atom. The Morgan fingerprint density at radius 1 is 0.875 bits per heavy atom. The summed E-state index contributed by atoms with van der Waals surface area (Å²) >= 11 is 6.98. The monoisotopic (exact) mass is 444 g/mol. The SMILES string of the molecule is Cc1cc(Br)ccc1N=Cc1cc(C)n(-c2ccc(Br)cc2)c1C. The number of nitrogens with zero attached hydrogens (tertiary/aromatic N) is 2. The number of halogens is 2. The standard InChI is InChI=1S/C20H18Br2N2/c1-13-10-18(22)6-9-20(13)23-12-16-11-14(2)24(15(16)3)19-7-4-17(21)5-8-19/h4-12H,1-3H3. The van der Waals surface area contributed by atoms with Gasteiger partial charge >= 0.3 is 0 Å². The van der Waals surface area contributed by atoms with Crippen molar-refractivity contribution in [1.82, 2.24) is 4.57 Å². The van der Waals surface area contributed by atoms with E-state index in [4.69, 9.17) is 0 Å². The van der Waals surface area contributed by atoms with Gasteiger partial charge in [-0.15, -0.1) is 0 Å². The number of hydrogen-bond acceptors (Lipinski definition) is 1. The van der Waals surface area contributed by atoms with Crippen LogP contribution in [0.25, 0.3) is 5.69 Å². The third-order valence-corrected chi connectivity index (χ3v) is 5.08. The lowest BCUT2D eigenvalue weighted by molar-refractivity contribution is 0.964. The Morgan fingerprint density at radius 3 is 2.21 bits per heavy atom. The van der Waals surface area contributed by atoms with Crippen molar-refractivity contribution in [2.75, 3.05) is 0 Å². The first kappa shape index (κ1) is 17.2. The van der Waals surface area contributed by atoms with Gasteiger partial charge in [-0.2, -0.15) is 0 Å². The molecule has 0 amide bonds. The zero-order valence-corrected chi connectivity index (χ0v) is 17.0. The number of aromatic nitrogens is 1. The van der Waals surface area contributed by atoms with Crippen LogP contribution in [0, 0.1) is 20.8 Å². The minimum atomic E-state index is 0.992. The minimum absolute atomic E-state index is 0.992. The molecule has 24 heavy (non-hydrogen) atoms. The van der Waals surface area contributed by atoms with E-state index in [2.05, 4.69) is 98.6 Å². The maximum atomic E-state index is 4.67. The smallest absolute Gasteiger partial charge is 0.0659 e. The van der Waals surface area contributed by atoms with Gasteiger partial charge in [-0.25, -0.2) is 0 Å². The van der Waals surface area contributed by atoms with E-state index in [9.17, 15) is 0 Å². The van der Waals surface area contributed by atoms with Crippen molar-refractivity contribution < 1.29 is 0 Å². The van der Waals surface area contributed by atoms with Crippen LogP contribution < -0.4 is 0 Å². The molecule has 2 aromatic carbocycles. The zero-order chi connectivity index (χ0) is 17.3. The molecule has 3 aromatic rings. The van der Waals surface area contributed by atoms with Gasteiger partial charge in [-0.3, -0.25) is 4.99 Å². The molecule has 0 spiro atoms. The Kier molecular flexibility index (Phi) is 5.07. The molecule has 1 heterocycles. The summed E-state index contributed by atoms with van der Waals surface area (Å²) in [6.45, 7) is 6.32. The molecule has 0 unspecified atom stereocenters. The molecule has 0 radical (unpaired) electrons. The Hall–Kier alpha value is -1.65. The topological polar surface area (TPSA) is 17.3 Å². The summed E-state index contributed by atoms with van der Waals surface area (Å²) in [6.07, 6.45) is 1.95. The fraction of sp³-hybridized carbons (Fsp3) is 0.150. The number of rotatable bonds is 3.